The number of nitrogens with zero attached hydrogens (tertiary/aromatic N) is 2. The molecule has 0 spiro atoms. The Hall–Kier alpha value is -4.25. The summed E-state index contributed by atoms with van der Waals surface area (Å²) in [6, 6.07) is -2.20. The Kier molecular flexibility index (Phi) is 6.91. The highest BCUT2D eigenvalue weighted by atomic mass is 19.4. The molecule has 210 valence electrons. The van der Waals surface area contributed by atoms with Crippen molar-refractivity contribution in [2.24, 2.45) is 0 Å². The molecular weight excluding hydrogens is 569 g/mol. The van der Waals surface area contributed by atoms with E-state index < -0.39 is 82.1 Å². The van der Waals surface area contributed by atoms with Crippen LogP contribution in [0.5, 0.6) is 5.75 Å². The van der Waals surface area contributed by atoms with Crippen LogP contribution in [0.15, 0.2) is 48.3 Å². The molecular formula is C21H9F11N2O5. The average molecular weight is 578 g/mol. The normalized spacial score (nSPS) is 17.5. The van der Waals surface area contributed by atoms with Crippen molar-refractivity contribution in [1.29, 1.82) is 0 Å². The van der Waals surface area contributed by atoms with Crippen molar-refractivity contribution in [2.45, 2.75) is 30.9 Å². The summed E-state index contributed by atoms with van der Waals surface area (Å²) in [6.07, 6.45) is -4.47. The van der Waals surface area contributed by atoms with Crippen LogP contribution in [0, 0.1) is 6.92 Å². The van der Waals surface area contributed by atoms with E-state index in [4.69, 9.17) is 0 Å². The second kappa shape index (κ2) is 9.19. The molecule has 2 heterocycles. The fourth-order valence-corrected chi connectivity index (χ4v) is 3.20. The third-order valence-electron chi connectivity index (χ3n) is 5.23. The van der Waals surface area contributed by atoms with Gasteiger partial charge in [0.15, 0.2) is 0 Å². The molecule has 0 N–H and O–H groups in total. The van der Waals surface area contributed by atoms with E-state index in [2.05, 4.69) is 4.74 Å². The van der Waals surface area contributed by atoms with Gasteiger partial charge in [-0.15, -0.1) is 0 Å². The van der Waals surface area contributed by atoms with Crippen molar-refractivity contribution in [2.75, 3.05) is 9.80 Å². The van der Waals surface area contributed by atoms with E-state index in [0.29, 0.717) is 40.2 Å². The zero-order chi connectivity index (χ0) is 29.9. The summed E-state index contributed by atoms with van der Waals surface area (Å²) >= 11 is 0. The number of anilines is 2. The van der Waals surface area contributed by atoms with Gasteiger partial charge in [0, 0.05) is 35.9 Å². The third kappa shape index (κ3) is 4.52. The summed E-state index contributed by atoms with van der Waals surface area (Å²) in [7, 11) is 0. The van der Waals surface area contributed by atoms with Crippen LogP contribution in [0.4, 0.5) is 59.7 Å². The molecule has 2 aliphatic heterocycles. The molecule has 0 bridgehead atoms. The summed E-state index contributed by atoms with van der Waals surface area (Å²) in [5.41, 5.74) is -1.94. The van der Waals surface area contributed by atoms with E-state index in [9.17, 15) is 67.5 Å². The molecule has 0 aromatic heterocycles. The Balaban J connectivity index is 2.15. The standard InChI is InChI=1S/C21H9F11N2O5/c1-8-10(34-14(37)4-5-15(34)38)6-9(33-12(35)2-3-13(33)36)7-11(8)39-17(23)16(22)18(24,25)19(26,27)20(28,29)21(30,31)32/h2-7H,1H3. The van der Waals surface area contributed by atoms with Crippen molar-refractivity contribution in [3.8, 4) is 5.75 Å². The van der Waals surface area contributed by atoms with Gasteiger partial charge < -0.3 is 4.74 Å². The van der Waals surface area contributed by atoms with Crippen LogP contribution in [0.3, 0.4) is 0 Å². The minimum absolute atomic E-state index is 0.291. The van der Waals surface area contributed by atoms with Gasteiger partial charge in [-0.3, -0.25) is 19.2 Å². The molecule has 0 unspecified atom stereocenters. The van der Waals surface area contributed by atoms with Crippen LogP contribution in [0.1, 0.15) is 5.56 Å². The van der Waals surface area contributed by atoms with Crippen LogP contribution >= 0.6 is 0 Å². The molecule has 0 radical (unpaired) electrons. The largest absolute Gasteiger partial charge is 0.460 e. The first kappa shape index (κ1) is 29.3. The average Bonchev–Trinajstić information content (AvgIpc) is 3.33. The van der Waals surface area contributed by atoms with Crippen molar-refractivity contribution in [3.05, 3.63) is 53.8 Å². The number of hydrogen-bond acceptors (Lipinski definition) is 5. The zero-order valence-corrected chi connectivity index (χ0v) is 18.6. The van der Waals surface area contributed by atoms with Gasteiger partial charge in [0.25, 0.3) is 23.6 Å². The smallest absolute Gasteiger partial charge is 0.429 e. The van der Waals surface area contributed by atoms with E-state index in [1.807, 2.05) is 0 Å². The lowest BCUT2D eigenvalue weighted by Gasteiger charge is -2.32. The summed E-state index contributed by atoms with van der Waals surface area (Å²) in [5, 5.41) is 0. The molecule has 0 aliphatic carbocycles. The van der Waals surface area contributed by atoms with Gasteiger partial charge in [-0.05, 0) is 13.0 Å². The Labute approximate surface area is 208 Å². The SMILES string of the molecule is Cc1c(OC(F)=C(F)C(F)(F)C(F)(F)C(F)(F)C(F)(F)F)cc(N2C(=O)C=CC2=O)cc1N1C(=O)C=CC1=O. The number of halogens is 11. The highest BCUT2D eigenvalue weighted by Crippen LogP contribution is 2.56. The zero-order valence-electron chi connectivity index (χ0n) is 18.6. The summed E-state index contributed by atoms with van der Waals surface area (Å²) in [6.45, 7) is 0.856. The van der Waals surface area contributed by atoms with E-state index in [-0.39, 0.29) is 0 Å². The number of hydrogen-bond donors (Lipinski definition) is 0. The van der Waals surface area contributed by atoms with Gasteiger partial charge in [0.1, 0.15) is 5.75 Å². The molecule has 7 nitrogen and oxygen atoms in total. The highest BCUT2D eigenvalue weighted by molar-refractivity contribution is 6.30. The van der Waals surface area contributed by atoms with E-state index in [1.54, 1.807) is 0 Å². The third-order valence-corrected chi connectivity index (χ3v) is 5.23. The number of allylic oxidation sites excluding steroid dienone is 1. The maximum Gasteiger partial charge on any atom is 0.460 e. The fourth-order valence-electron chi connectivity index (χ4n) is 3.20. The summed E-state index contributed by atoms with van der Waals surface area (Å²) in [4.78, 5) is 48.8. The lowest BCUT2D eigenvalue weighted by molar-refractivity contribution is -0.392. The molecule has 0 saturated carbocycles. The molecule has 1 aromatic rings. The Morgan fingerprint density at radius 1 is 0.692 bits per heavy atom. The summed E-state index contributed by atoms with van der Waals surface area (Å²) in [5.74, 6) is -32.0. The van der Waals surface area contributed by atoms with Gasteiger partial charge >= 0.3 is 30.0 Å². The predicted molar refractivity (Wildman–Crippen MR) is 105 cm³/mol. The Morgan fingerprint density at radius 2 is 1.13 bits per heavy atom. The monoisotopic (exact) mass is 578 g/mol. The predicted octanol–water partition coefficient (Wildman–Crippen LogP) is 4.81. The number of rotatable bonds is 7. The van der Waals surface area contributed by atoms with E-state index in [0.717, 1.165) is 13.0 Å². The first-order chi connectivity index (χ1) is 17.7. The van der Waals surface area contributed by atoms with E-state index >= 15 is 0 Å². The van der Waals surface area contributed by atoms with E-state index in [1.165, 1.54) is 0 Å². The molecule has 39 heavy (non-hydrogen) atoms. The number of amides is 4. The van der Waals surface area contributed by atoms with Crippen LogP contribution in [-0.2, 0) is 19.2 Å². The minimum atomic E-state index is -7.56. The van der Waals surface area contributed by atoms with Gasteiger partial charge in [0.05, 0.1) is 11.4 Å². The lowest BCUT2D eigenvalue weighted by Crippen LogP contribution is -2.61. The second-order valence-corrected chi connectivity index (χ2v) is 7.69. The first-order valence-electron chi connectivity index (χ1n) is 9.87. The second-order valence-electron chi connectivity index (χ2n) is 7.69. The molecule has 0 atom stereocenters. The molecule has 0 fully saturated rings. The number of carbonyl (C=O) groups is 4. The maximum absolute atomic E-state index is 14.3. The highest BCUT2D eigenvalue weighted by Gasteiger charge is 2.83. The van der Waals surface area contributed by atoms with Gasteiger partial charge in [0.2, 0.25) is 5.83 Å². The summed E-state index contributed by atoms with van der Waals surface area (Å²) < 4.78 is 150. The molecule has 3 rings (SSSR count). The number of benzene rings is 1. The van der Waals surface area contributed by atoms with Crippen molar-refractivity contribution in [1.82, 2.24) is 0 Å². The molecule has 0 saturated heterocycles. The van der Waals surface area contributed by atoms with Crippen molar-refractivity contribution >= 4 is 35.0 Å². The quantitative estimate of drug-likeness (QED) is 0.264. The molecule has 2 aliphatic rings. The molecule has 18 heteroatoms. The number of imide groups is 2. The maximum atomic E-state index is 14.3. The van der Waals surface area contributed by atoms with Crippen molar-refractivity contribution in [3.63, 3.8) is 0 Å². The van der Waals surface area contributed by atoms with Crippen LogP contribution in [-0.4, -0.2) is 47.6 Å². The first-order valence-corrected chi connectivity index (χ1v) is 9.87. The van der Waals surface area contributed by atoms with Crippen LogP contribution in [0.25, 0.3) is 0 Å². The molecule has 4 amide bonds. The Morgan fingerprint density at radius 3 is 1.56 bits per heavy atom. The number of ether oxygens (including phenoxy) is 1. The topological polar surface area (TPSA) is 84.0 Å². The van der Waals surface area contributed by atoms with Crippen molar-refractivity contribution < 1.29 is 72.2 Å². The molecule has 1 aromatic carbocycles. The fraction of sp³-hybridized carbons (Fsp3) is 0.238. The van der Waals surface area contributed by atoms with Gasteiger partial charge in [-0.25, -0.2) is 9.80 Å². The lowest BCUT2D eigenvalue weighted by atomic mass is 10.0. The Bertz CT molecular complexity index is 1340. The number of carbonyl (C=O) groups excluding carboxylic acids is 4. The van der Waals surface area contributed by atoms with Crippen LogP contribution in [0.2, 0.25) is 0 Å². The minimum Gasteiger partial charge on any atom is -0.429 e. The van der Waals surface area contributed by atoms with Crippen LogP contribution < -0.4 is 14.5 Å². The van der Waals surface area contributed by atoms with Gasteiger partial charge in [-0.1, -0.05) is 0 Å². The number of alkyl halides is 9. The van der Waals surface area contributed by atoms with Gasteiger partial charge in [-0.2, -0.15) is 48.3 Å².